The number of halogens is 1. The molecule has 0 bridgehead atoms. The van der Waals surface area contributed by atoms with E-state index in [0.29, 0.717) is 0 Å². The van der Waals surface area contributed by atoms with Crippen molar-refractivity contribution in [2.45, 2.75) is 97.8 Å². The molecule has 1 rings (SSSR count). The number of aromatic hydroxyl groups is 1. The molecular formula is C22H35ClO4. The van der Waals surface area contributed by atoms with E-state index >= 15 is 0 Å². The molecule has 0 atom stereocenters. The number of carbonyl (C=O) groups is 1. The van der Waals surface area contributed by atoms with Gasteiger partial charge in [0.1, 0.15) is 0 Å². The zero-order valence-electron chi connectivity index (χ0n) is 17.1. The average Bonchev–Trinajstić information content (AvgIpc) is 2.63. The van der Waals surface area contributed by atoms with Gasteiger partial charge in [-0.1, -0.05) is 70.9 Å². The summed E-state index contributed by atoms with van der Waals surface area (Å²) in [6.45, 7) is 6.45. The summed E-state index contributed by atoms with van der Waals surface area (Å²) >= 11 is 6.54. The molecule has 4 nitrogen and oxygen atoms in total. The quantitative estimate of drug-likeness (QED) is 0.208. The van der Waals surface area contributed by atoms with Gasteiger partial charge >= 0.3 is 6.16 Å². The second-order valence-electron chi connectivity index (χ2n) is 7.17. The van der Waals surface area contributed by atoms with Crippen LogP contribution in [0.1, 0.15) is 95.2 Å². The smallest absolute Gasteiger partial charge is 0.504 e. The van der Waals surface area contributed by atoms with E-state index in [0.717, 1.165) is 93.7 Å². The van der Waals surface area contributed by atoms with Crippen molar-refractivity contribution in [3.05, 3.63) is 21.7 Å². The summed E-state index contributed by atoms with van der Waals surface area (Å²) in [7, 11) is 0. The molecule has 0 fully saturated rings. The number of phenols is 1. The van der Waals surface area contributed by atoms with E-state index in [2.05, 4.69) is 20.8 Å². The third-order valence-electron chi connectivity index (χ3n) is 4.97. The van der Waals surface area contributed by atoms with Crippen molar-refractivity contribution in [1.29, 1.82) is 0 Å². The molecule has 0 saturated carbocycles. The van der Waals surface area contributed by atoms with E-state index in [9.17, 15) is 9.90 Å². The summed E-state index contributed by atoms with van der Waals surface area (Å²) in [5, 5.41) is 20.1. The molecule has 5 heteroatoms. The van der Waals surface area contributed by atoms with Gasteiger partial charge in [0.2, 0.25) is 0 Å². The zero-order chi connectivity index (χ0) is 20.2. The fourth-order valence-corrected chi connectivity index (χ4v) is 3.84. The van der Waals surface area contributed by atoms with E-state index in [1.165, 1.54) is 0 Å². The maximum atomic E-state index is 11.1. The van der Waals surface area contributed by atoms with Gasteiger partial charge in [0, 0.05) is 5.56 Å². The molecule has 0 radical (unpaired) electrons. The van der Waals surface area contributed by atoms with Crippen molar-refractivity contribution in [3.8, 4) is 11.5 Å². The normalized spacial score (nSPS) is 11.0. The van der Waals surface area contributed by atoms with Crippen LogP contribution in [0.5, 0.6) is 11.5 Å². The first-order chi connectivity index (χ1) is 13.0. The SMILES string of the molecule is CCCCCc1c(O)c(OC(=O)O)c(Cl)c(CCCCC)c1CCCCC. The van der Waals surface area contributed by atoms with Crippen LogP contribution in [-0.4, -0.2) is 16.4 Å². The summed E-state index contributed by atoms with van der Waals surface area (Å²) in [6, 6.07) is 0. The highest BCUT2D eigenvalue weighted by Gasteiger charge is 2.24. The Labute approximate surface area is 168 Å². The Kier molecular flexibility index (Phi) is 11.3. The molecule has 0 heterocycles. The molecule has 154 valence electrons. The number of phenolic OH excluding ortho intramolecular Hbond substituents is 1. The number of rotatable bonds is 13. The maximum Gasteiger partial charge on any atom is 0.511 e. The largest absolute Gasteiger partial charge is 0.511 e. The third-order valence-corrected chi connectivity index (χ3v) is 5.37. The van der Waals surface area contributed by atoms with Crippen LogP contribution in [0, 0.1) is 0 Å². The van der Waals surface area contributed by atoms with Crippen molar-refractivity contribution in [1.82, 2.24) is 0 Å². The van der Waals surface area contributed by atoms with Crippen LogP contribution in [0.3, 0.4) is 0 Å². The van der Waals surface area contributed by atoms with Crippen molar-refractivity contribution in [2.24, 2.45) is 0 Å². The van der Waals surface area contributed by atoms with Crippen molar-refractivity contribution in [3.63, 3.8) is 0 Å². The Morgan fingerprint density at radius 3 is 1.70 bits per heavy atom. The van der Waals surface area contributed by atoms with Crippen molar-refractivity contribution in [2.75, 3.05) is 0 Å². The first-order valence-corrected chi connectivity index (χ1v) is 10.8. The number of ether oxygens (including phenoxy) is 1. The Bertz CT molecular complexity index is 561. The first-order valence-electron chi connectivity index (χ1n) is 10.4. The first kappa shape index (κ1) is 23.6. The molecule has 0 aliphatic rings. The van der Waals surface area contributed by atoms with Gasteiger partial charge in [0.05, 0.1) is 5.02 Å². The van der Waals surface area contributed by atoms with E-state index in [1.54, 1.807) is 0 Å². The lowest BCUT2D eigenvalue weighted by atomic mass is 9.89. The van der Waals surface area contributed by atoms with E-state index in [1.807, 2.05) is 0 Å². The summed E-state index contributed by atoms with van der Waals surface area (Å²) in [4.78, 5) is 11.1. The molecular weight excluding hydrogens is 364 g/mol. The second-order valence-corrected chi connectivity index (χ2v) is 7.54. The number of unbranched alkanes of at least 4 members (excludes halogenated alkanes) is 6. The lowest BCUT2D eigenvalue weighted by Gasteiger charge is -2.21. The lowest BCUT2D eigenvalue weighted by molar-refractivity contribution is 0.142. The van der Waals surface area contributed by atoms with E-state index in [-0.39, 0.29) is 16.5 Å². The summed E-state index contributed by atoms with van der Waals surface area (Å²) in [6.07, 6.45) is 10.5. The van der Waals surface area contributed by atoms with E-state index in [4.69, 9.17) is 21.4 Å². The predicted octanol–water partition coefficient (Wildman–Crippen LogP) is 7.30. The Hall–Kier alpha value is -1.42. The highest BCUT2D eigenvalue weighted by Crippen LogP contribution is 2.44. The molecule has 0 unspecified atom stereocenters. The van der Waals surface area contributed by atoms with E-state index < -0.39 is 6.16 Å². The van der Waals surface area contributed by atoms with Gasteiger partial charge in [-0.25, -0.2) is 4.79 Å². The van der Waals surface area contributed by atoms with Gasteiger partial charge in [-0.3, -0.25) is 0 Å². The molecule has 1 aromatic carbocycles. The van der Waals surface area contributed by atoms with Gasteiger partial charge in [-0.2, -0.15) is 0 Å². The molecule has 27 heavy (non-hydrogen) atoms. The molecule has 0 saturated heterocycles. The molecule has 0 aliphatic carbocycles. The predicted molar refractivity (Wildman–Crippen MR) is 111 cm³/mol. The summed E-state index contributed by atoms with van der Waals surface area (Å²) < 4.78 is 4.89. The Morgan fingerprint density at radius 1 is 0.815 bits per heavy atom. The third kappa shape index (κ3) is 7.25. The van der Waals surface area contributed by atoms with Crippen LogP contribution in [0.25, 0.3) is 0 Å². The second kappa shape index (κ2) is 12.9. The summed E-state index contributed by atoms with van der Waals surface area (Å²) in [5.41, 5.74) is 2.89. The standard InChI is InChI=1S/C22H35ClO4/c1-4-7-10-13-16-17(14-11-8-5-2)19(23)21(27-22(25)26)20(24)18(16)15-12-9-6-3/h24H,4-15H2,1-3H3,(H,25,26). The molecule has 0 aromatic heterocycles. The maximum absolute atomic E-state index is 11.1. The Morgan fingerprint density at radius 2 is 1.26 bits per heavy atom. The molecule has 1 aromatic rings. The number of benzene rings is 1. The van der Waals surface area contributed by atoms with Crippen molar-refractivity contribution < 1.29 is 19.7 Å². The van der Waals surface area contributed by atoms with Crippen LogP contribution in [0.15, 0.2) is 0 Å². The molecule has 2 N–H and O–H groups in total. The van der Waals surface area contributed by atoms with Crippen LogP contribution in [-0.2, 0) is 19.3 Å². The van der Waals surface area contributed by atoms with Crippen LogP contribution in [0.2, 0.25) is 5.02 Å². The minimum absolute atomic E-state index is 0.0933. The average molecular weight is 399 g/mol. The van der Waals surface area contributed by atoms with Crippen molar-refractivity contribution >= 4 is 17.8 Å². The minimum Gasteiger partial charge on any atom is -0.504 e. The van der Waals surface area contributed by atoms with Crippen LogP contribution < -0.4 is 4.74 Å². The fraction of sp³-hybridized carbons (Fsp3) is 0.682. The highest BCUT2D eigenvalue weighted by molar-refractivity contribution is 6.33. The molecule has 0 aliphatic heterocycles. The Balaban J connectivity index is 3.40. The van der Waals surface area contributed by atoms with Crippen LogP contribution >= 0.6 is 11.6 Å². The van der Waals surface area contributed by atoms with Gasteiger partial charge in [0.25, 0.3) is 0 Å². The summed E-state index contributed by atoms with van der Waals surface area (Å²) in [5.74, 6) is -0.189. The van der Waals surface area contributed by atoms with Crippen LogP contribution in [0.4, 0.5) is 4.79 Å². The number of hydrogen-bond acceptors (Lipinski definition) is 3. The van der Waals surface area contributed by atoms with Gasteiger partial charge < -0.3 is 14.9 Å². The molecule has 0 spiro atoms. The lowest BCUT2D eigenvalue weighted by Crippen LogP contribution is -2.09. The van der Waals surface area contributed by atoms with Gasteiger partial charge in [-0.05, 0) is 49.7 Å². The molecule has 0 amide bonds. The fourth-order valence-electron chi connectivity index (χ4n) is 3.50. The van der Waals surface area contributed by atoms with Gasteiger partial charge in [-0.15, -0.1) is 0 Å². The number of carboxylic acid groups (broad SMARTS) is 1. The topological polar surface area (TPSA) is 66.8 Å². The highest BCUT2D eigenvalue weighted by atomic mass is 35.5. The number of hydrogen-bond donors (Lipinski definition) is 2. The zero-order valence-corrected chi connectivity index (χ0v) is 17.8. The monoisotopic (exact) mass is 398 g/mol. The van der Waals surface area contributed by atoms with Gasteiger partial charge in [0.15, 0.2) is 11.5 Å². The minimum atomic E-state index is -1.45.